The van der Waals surface area contributed by atoms with Crippen molar-refractivity contribution < 1.29 is 27.1 Å². The molecule has 184 valence electrons. The number of benzene rings is 3. The van der Waals surface area contributed by atoms with Crippen LogP contribution < -0.4 is 10.2 Å². The first kappa shape index (κ1) is 25.3. The zero-order valence-electron chi connectivity index (χ0n) is 18.4. The van der Waals surface area contributed by atoms with Crippen LogP contribution in [0.2, 0.25) is 10.0 Å². The van der Waals surface area contributed by atoms with Gasteiger partial charge in [-0.05, 0) is 48.5 Å². The summed E-state index contributed by atoms with van der Waals surface area (Å²) in [5, 5.41) is 4.82. The van der Waals surface area contributed by atoms with Crippen LogP contribution in [0.15, 0.2) is 88.4 Å². The maximum Gasteiger partial charge on any atom is 0.416 e. The van der Waals surface area contributed by atoms with Crippen LogP contribution in [-0.4, -0.2) is 12.1 Å². The largest absolute Gasteiger partial charge is 0.488 e. The van der Waals surface area contributed by atoms with Crippen LogP contribution in [0.3, 0.4) is 0 Å². The maximum atomic E-state index is 13.0. The lowest BCUT2D eigenvalue weighted by Crippen LogP contribution is -2.18. The molecular formula is C26H17Cl2F3N2O3. The highest BCUT2D eigenvalue weighted by Crippen LogP contribution is 2.32. The molecule has 5 nitrogen and oxygen atoms in total. The van der Waals surface area contributed by atoms with Crippen molar-refractivity contribution in [2.75, 3.05) is 0 Å². The molecule has 0 atom stereocenters. The fraction of sp³-hybridized carbons (Fsp3) is 0.0769. The first-order valence-electron chi connectivity index (χ1n) is 10.5. The molecule has 0 unspecified atom stereocenters. The van der Waals surface area contributed by atoms with E-state index in [9.17, 15) is 18.0 Å². The van der Waals surface area contributed by atoms with Gasteiger partial charge in [0.1, 0.15) is 23.9 Å². The van der Waals surface area contributed by atoms with E-state index in [1.165, 1.54) is 30.5 Å². The number of nitrogens with zero attached hydrogens (tertiary/aromatic N) is 1. The van der Waals surface area contributed by atoms with Crippen LogP contribution in [0.4, 0.5) is 13.2 Å². The molecular weight excluding hydrogens is 516 g/mol. The molecule has 0 saturated heterocycles. The second-order valence-electron chi connectivity index (χ2n) is 7.50. The van der Waals surface area contributed by atoms with Crippen molar-refractivity contribution in [2.24, 2.45) is 5.10 Å². The third-order valence-corrected chi connectivity index (χ3v) is 5.58. The molecule has 0 saturated carbocycles. The van der Waals surface area contributed by atoms with Gasteiger partial charge in [-0.25, -0.2) is 5.43 Å². The molecule has 0 aliphatic heterocycles. The molecule has 0 spiro atoms. The number of alkyl halides is 3. The molecule has 0 aliphatic rings. The van der Waals surface area contributed by atoms with Gasteiger partial charge in [-0.3, -0.25) is 4.79 Å². The predicted molar refractivity (Wildman–Crippen MR) is 131 cm³/mol. The Morgan fingerprint density at radius 1 is 1.00 bits per heavy atom. The number of hydrogen-bond donors (Lipinski definition) is 1. The van der Waals surface area contributed by atoms with Crippen LogP contribution in [0, 0.1) is 0 Å². The Morgan fingerprint density at radius 3 is 2.58 bits per heavy atom. The molecule has 1 N–H and O–H groups in total. The summed E-state index contributed by atoms with van der Waals surface area (Å²) >= 11 is 12.1. The minimum Gasteiger partial charge on any atom is -0.488 e. The number of halogens is 5. The Morgan fingerprint density at radius 2 is 1.81 bits per heavy atom. The third kappa shape index (κ3) is 6.27. The van der Waals surface area contributed by atoms with Crippen molar-refractivity contribution in [1.29, 1.82) is 0 Å². The molecule has 0 fully saturated rings. The van der Waals surface area contributed by atoms with Gasteiger partial charge in [0.15, 0.2) is 0 Å². The number of rotatable bonds is 7. The molecule has 4 rings (SSSR count). The number of para-hydroxylation sites is 1. The third-order valence-electron chi connectivity index (χ3n) is 4.99. The fourth-order valence-corrected chi connectivity index (χ4v) is 3.68. The minimum absolute atomic E-state index is 0.119. The average Bonchev–Trinajstić information content (AvgIpc) is 3.32. The number of ether oxygens (including phenoxy) is 1. The van der Waals surface area contributed by atoms with E-state index in [-0.39, 0.29) is 29.3 Å². The van der Waals surface area contributed by atoms with E-state index >= 15 is 0 Å². The van der Waals surface area contributed by atoms with Crippen LogP contribution in [0.5, 0.6) is 5.75 Å². The normalized spacial score (nSPS) is 11.6. The second kappa shape index (κ2) is 10.9. The molecule has 10 heteroatoms. The topological polar surface area (TPSA) is 63.8 Å². The molecule has 0 aliphatic carbocycles. The van der Waals surface area contributed by atoms with Gasteiger partial charge in [0.25, 0.3) is 5.91 Å². The highest BCUT2D eigenvalue weighted by molar-refractivity contribution is 6.35. The minimum atomic E-state index is -4.46. The number of carbonyl (C=O) groups is 1. The molecule has 3 aromatic carbocycles. The number of furan rings is 1. The summed E-state index contributed by atoms with van der Waals surface area (Å²) in [7, 11) is 0. The van der Waals surface area contributed by atoms with E-state index in [0.717, 1.165) is 12.1 Å². The Bertz CT molecular complexity index is 1420. The van der Waals surface area contributed by atoms with Gasteiger partial charge in [-0.15, -0.1) is 0 Å². The van der Waals surface area contributed by atoms with Crippen molar-refractivity contribution in [3.63, 3.8) is 0 Å². The van der Waals surface area contributed by atoms with Crippen molar-refractivity contribution in [1.82, 2.24) is 5.43 Å². The quantitative estimate of drug-likeness (QED) is 0.196. The van der Waals surface area contributed by atoms with Crippen molar-refractivity contribution in [3.8, 4) is 17.1 Å². The molecule has 1 aromatic heterocycles. The van der Waals surface area contributed by atoms with E-state index in [0.29, 0.717) is 21.4 Å². The molecule has 0 bridgehead atoms. The number of hydrazone groups is 1. The van der Waals surface area contributed by atoms with Gasteiger partial charge in [0.2, 0.25) is 0 Å². The van der Waals surface area contributed by atoms with Crippen LogP contribution in [-0.2, 0) is 12.8 Å². The van der Waals surface area contributed by atoms with E-state index < -0.39 is 17.6 Å². The summed E-state index contributed by atoms with van der Waals surface area (Å²) in [6.07, 6.45) is -3.22. The first-order valence-corrected chi connectivity index (χ1v) is 11.2. The lowest BCUT2D eigenvalue weighted by Gasteiger charge is -2.11. The van der Waals surface area contributed by atoms with E-state index in [1.807, 2.05) is 0 Å². The van der Waals surface area contributed by atoms with E-state index in [4.69, 9.17) is 32.4 Å². The Hall–Kier alpha value is -3.75. The molecule has 36 heavy (non-hydrogen) atoms. The smallest absolute Gasteiger partial charge is 0.416 e. The zero-order valence-corrected chi connectivity index (χ0v) is 19.9. The Kier molecular flexibility index (Phi) is 7.67. The summed E-state index contributed by atoms with van der Waals surface area (Å²) in [6.45, 7) is 0.119. The van der Waals surface area contributed by atoms with Crippen LogP contribution in [0.25, 0.3) is 11.3 Å². The molecule has 4 aromatic rings. The standard InChI is InChI=1S/C26H17Cl2F3N2O3/c27-19-9-8-17(22(28)13-19)15-35-24-7-2-1-6-21(24)25(34)33-32-14-20-10-11-23(36-20)16-4-3-5-18(12-16)26(29,30)31/h1-14H,15H2,(H,33,34)/b32-14+. The van der Waals surface area contributed by atoms with E-state index in [2.05, 4.69) is 10.5 Å². The summed E-state index contributed by atoms with van der Waals surface area (Å²) in [4.78, 5) is 12.7. The summed E-state index contributed by atoms with van der Waals surface area (Å²) < 4.78 is 50.2. The maximum absolute atomic E-state index is 13.0. The number of nitrogens with one attached hydrogen (secondary N) is 1. The SMILES string of the molecule is O=C(N/N=C/c1ccc(-c2cccc(C(F)(F)F)c2)o1)c1ccccc1OCc1ccc(Cl)cc1Cl. The van der Waals surface area contributed by atoms with Gasteiger partial charge >= 0.3 is 6.18 Å². The van der Waals surface area contributed by atoms with Crippen molar-refractivity contribution >= 4 is 35.3 Å². The van der Waals surface area contributed by atoms with Crippen molar-refractivity contribution in [2.45, 2.75) is 12.8 Å². The van der Waals surface area contributed by atoms with Crippen molar-refractivity contribution in [3.05, 3.63) is 111 Å². The fourth-order valence-electron chi connectivity index (χ4n) is 3.22. The predicted octanol–water partition coefficient (Wildman–Crippen LogP) is 7.62. The number of amides is 1. The zero-order chi connectivity index (χ0) is 25.7. The van der Waals surface area contributed by atoms with Crippen LogP contribution >= 0.6 is 23.2 Å². The summed E-state index contributed by atoms with van der Waals surface area (Å²) in [5.41, 5.74) is 2.80. The lowest BCUT2D eigenvalue weighted by molar-refractivity contribution is -0.137. The number of carbonyl (C=O) groups excluding carboxylic acids is 1. The first-order chi connectivity index (χ1) is 17.2. The summed E-state index contributed by atoms with van der Waals surface area (Å²) in [6, 6.07) is 19.4. The molecule has 0 radical (unpaired) electrons. The average molecular weight is 533 g/mol. The lowest BCUT2D eigenvalue weighted by atomic mass is 10.1. The highest BCUT2D eigenvalue weighted by atomic mass is 35.5. The van der Waals surface area contributed by atoms with Gasteiger partial charge in [0, 0.05) is 21.2 Å². The van der Waals surface area contributed by atoms with Crippen LogP contribution in [0.1, 0.15) is 27.2 Å². The van der Waals surface area contributed by atoms with E-state index in [1.54, 1.807) is 42.5 Å². The van der Waals surface area contributed by atoms with Gasteiger partial charge in [0.05, 0.1) is 17.3 Å². The second-order valence-corrected chi connectivity index (χ2v) is 8.34. The molecule has 1 heterocycles. The van der Waals surface area contributed by atoms with Gasteiger partial charge in [-0.2, -0.15) is 18.3 Å². The highest BCUT2D eigenvalue weighted by Gasteiger charge is 2.30. The monoisotopic (exact) mass is 532 g/mol. The summed E-state index contributed by atoms with van der Waals surface area (Å²) in [5.74, 6) is 0.257. The Balaban J connectivity index is 1.41. The molecule has 1 amide bonds. The van der Waals surface area contributed by atoms with Gasteiger partial charge < -0.3 is 9.15 Å². The Labute approximate surface area is 214 Å². The van der Waals surface area contributed by atoms with Gasteiger partial charge in [-0.1, -0.05) is 53.5 Å². The number of hydrogen-bond acceptors (Lipinski definition) is 4.